The molecule has 1 aromatic carbocycles. The SMILES string of the molecule is CC[C@H]1CCCn2nc(-c3ccccc3F)c(C)c2O1. The smallest absolute Gasteiger partial charge is 0.215 e. The second kappa shape index (κ2) is 5.27. The van der Waals surface area contributed by atoms with Crippen molar-refractivity contribution in [2.24, 2.45) is 0 Å². The molecule has 4 heteroatoms. The first kappa shape index (κ1) is 13.2. The number of benzene rings is 1. The lowest BCUT2D eigenvalue weighted by Crippen LogP contribution is -2.14. The van der Waals surface area contributed by atoms with Crippen molar-refractivity contribution in [2.45, 2.75) is 45.8 Å². The van der Waals surface area contributed by atoms with Gasteiger partial charge in [0.2, 0.25) is 5.88 Å². The molecule has 1 aliphatic rings. The highest BCUT2D eigenvalue weighted by Crippen LogP contribution is 2.34. The summed E-state index contributed by atoms with van der Waals surface area (Å²) in [4.78, 5) is 0. The van der Waals surface area contributed by atoms with Crippen LogP contribution in [0.1, 0.15) is 31.7 Å². The minimum atomic E-state index is -0.240. The summed E-state index contributed by atoms with van der Waals surface area (Å²) in [6.45, 7) is 4.92. The third kappa shape index (κ3) is 2.19. The van der Waals surface area contributed by atoms with E-state index >= 15 is 0 Å². The number of ether oxygens (including phenoxy) is 1. The summed E-state index contributed by atoms with van der Waals surface area (Å²) in [5.41, 5.74) is 2.16. The van der Waals surface area contributed by atoms with Crippen LogP contribution in [0, 0.1) is 12.7 Å². The maximum Gasteiger partial charge on any atom is 0.215 e. The summed E-state index contributed by atoms with van der Waals surface area (Å²) in [6, 6.07) is 6.76. The molecule has 0 aliphatic carbocycles. The average molecular weight is 274 g/mol. The zero-order valence-electron chi connectivity index (χ0n) is 11.9. The number of aromatic nitrogens is 2. The van der Waals surface area contributed by atoms with Crippen LogP contribution in [-0.2, 0) is 6.54 Å². The molecule has 20 heavy (non-hydrogen) atoms. The van der Waals surface area contributed by atoms with E-state index < -0.39 is 0 Å². The van der Waals surface area contributed by atoms with E-state index in [2.05, 4.69) is 12.0 Å². The molecule has 2 heterocycles. The third-order valence-electron chi connectivity index (χ3n) is 3.89. The summed E-state index contributed by atoms with van der Waals surface area (Å²) in [5.74, 6) is 0.559. The van der Waals surface area contributed by atoms with E-state index in [4.69, 9.17) is 4.74 Å². The summed E-state index contributed by atoms with van der Waals surface area (Å²) in [5, 5.41) is 4.56. The van der Waals surface area contributed by atoms with E-state index in [0.717, 1.165) is 37.3 Å². The lowest BCUT2D eigenvalue weighted by molar-refractivity contribution is 0.183. The number of nitrogens with zero attached hydrogens (tertiary/aromatic N) is 2. The van der Waals surface area contributed by atoms with Crippen molar-refractivity contribution in [3.63, 3.8) is 0 Å². The van der Waals surface area contributed by atoms with Crippen molar-refractivity contribution in [3.05, 3.63) is 35.6 Å². The van der Waals surface area contributed by atoms with Gasteiger partial charge in [0.15, 0.2) is 0 Å². The first-order valence-corrected chi connectivity index (χ1v) is 7.19. The van der Waals surface area contributed by atoms with Crippen LogP contribution in [0.2, 0.25) is 0 Å². The Labute approximate surface area is 118 Å². The minimum Gasteiger partial charge on any atom is -0.474 e. The normalized spacial score (nSPS) is 18.2. The molecule has 1 aromatic heterocycles. The van der Waals surface area contributed by atoms with E-state index in [1.165, 1.54) is 6.07 Å². The molecule has 0 N–H and O–H groups in total. The van der Waals surface area contributed by atoms with Gasteiger partial charge in [0, 0.05) is 17.7 Å². The fourth-order valence-corrected chi connectivity index (χ4v) is 2.72. The molecule has 1 atom stereocenters. The number of aryl methyl sites for hydroxylation is 1. The van der Waals surface area contributed by atoms with Gasteiger partial charge in [-0.2, -0.15) is 5.10 Å². The van der Waals surface area contributed by atoms with Gasteiger partial charge in [0.1, 0.15) is 17.6 Å². The molecule has 3 nitrogen and oxygen atoms in total. The van der Waals surface area contributed by atoms with Crippen molar-refractivity contribution in [2.75, 3.05) is 0 Å². The predicted octanol–water partition coefficient (Wildman–Crippen LogP) is 3.95. The number of rotatable bonds is 2. The van der Waals surface area contributed by atoms with Crippen LogP contribution >= 0.6 is 0 Å². The van der Waals surface area contributed by atoms with E-state index in [-0.39, 0.29) is 11.9 Å². The molecule has 0 spiro atoms. The Hall–Kier alpha value is -1.84. The first-order valence-electron chi connectivity index (χ1n) is 7.19. The first-order chi connectivity index (χ1) is 9.70. The van der Waals surface area contributed by atoms with Crippen LogP contribution < -0.4 is 4.74 Å². The van der Waals surface area contributed by atoms with Crippen LogP contribution in [0.15, 0.2) is 24.3 Å². The van der Waals surface area contributed by atoms with Gasteiger partial charge < -0.3 is 4.74 Å². The summed E-state index contributed by atoms with van der Waals surface area (Å²) >= 11 is 0. The van der Waals surface area contributed by atoms with Crippen molar-refractivity contribution >= 4 is 0 Å². The summed E-state index contributed by atoms with van der Waals surface area (Å²) in [6.07, 6.45) is 3.32. The van der Waals surface area contributed by atoms with Gasteiger partial charge in [-0.15, -0.1) is 0 Å². The molecule has 106 valence electrons. The molecule has 0 saturated carbocycles. The number of hydrogen-bond acceptors (Lipinski definition) is 2. The highest BCUT2D eigenvalue weighted by Gasteiger charge is 2.23. The fraction of sp³-hybridized carbons (Fsp3) is 0.438. The zero-order chi connectivity index (χ0) is 14.1. The molecule has 0 amide bonds. The van der Waals surface area contributed by atoms with Gasteiger partial charge >= 0.3 is 0 Å². The maximum atomic E-state index is 14.0. The Balaban J connectivity index is 2.06. The summed E-state index contributed by atoms with van der Waals surface area (Å²) in [7, 11) is 0. The standard InChI is InChI=1S/C16H19FN2O/c1-3-12-7-6-10-19-16(20-12)11(2)15(18-19)13-8-4-5-9-14(13)17/h4-5,8-9,12H,3,6-7,10H2,1-2H3/t12-/m0/s1. The molecule has 0 bridgehead atoms. The van der Waals surface area contributed by atoms with Gasteiger partial charge in [-0.25, -0.2) is 9.07 Å². The molecular formula is C16H19FN2O. The van der Waals surface area contributed by atoms with Gasteiger partial charge in [-0.1, -0.05) is 19.1 Å². The van der Waals surface area contributed by atoms with E-state index in [0.29, 0.717) is 11.3 Å². The largest absolute Gasteiger partial charge is 0.474 e. The lowest BCUT2D eigenvalue weighted by atomic mass is 10.1. The van der Waals surface area contributed by atoms with Crippen molar-refractivity contribution in [1.29, 1.82) is 0 Å². The number of hydrogen-bond donors (Lipinski definition) is 0. The average Bonchev–Trinajstić information content (AvgIpc) is 2.64. The van der Waals surface area contributed by atoms with E-state index in [1.54, 1.807) is 12.1 Å². The highest BCUT2D eigenvalue weighted by molar-refractivity contribution is 5.65. The Kier molecular flexibility index (Phi) is 3.47. The maximum absolute atomic E-state index is 14.0. The molecule has 0 unspecified atom stereocenters. The molecular weight excluding hydrogens is 255 g/mol. The van der Waals surface area contributed by atoms with Crippen LogP contribution in [0.4, 0.5) is 4.39 Å². The molecule has 1 aliphatic heterocycles. The van der Waals surface area contributed by atoms with Gasteiger partial charge in [0.05, 0.1) is 0 Å². The van der Waals surface area contributed by atoms with Crippen LogP contribution in [0.3, 0.4) is 0 Å². The molecule has 0 fully saturated rings. The lowest BCUT2D eigenvalue weighted by Gasteiger charge is -2.14. The molecule has 2 aromatic rings. The Bertz CT molecular complexity index is 621. The Morgan fingerprint density at radius 3 is 2.95 bits per heavy atom. The van der Waals surface area contributed by atoms with Crippen LogP contribution in [0.25, 0.3) is 11.3 Å². The van der Waals surface area contributed by atoms with Gasteiger partial charge in [-0.05, 0) is 38.3 Å². The highest BCUT2D eigenvalue weighted by atomic mass is 19.1. The number of fused-ring (bicyclic) bond motifs is 1. The van der Waals surface area contributed by atoms with Crippen LogP contribution in [0.5, 0.6) is 5.88 Å². The van der Waals surface area contributed by atoms with Crippen molar-refractivity contribution in [1.82, 2.24) is 9.78 Å². The zero-order valence-corrected chi connectivity index (χ0v) is 11.9. The molecule has 3 rings (SSSR count). The van der Waals surface area contributed by atoms with Gasteiger partial charge in [-0.3, -0.25) is 0 Å². The van der Waals surface area contributed by atoms with Crippen molar-refractivity contribution < 1.29 is 9.13 Å². The number of halogens is 1. The van der Waals surface area contributed by atoms with Crippen LogP contribution in [-0.4, -0.2) is 15.9 Å². The fourth-order valence-electron chi connectivity index (χ4n) is 2.72. The topological polar surface area (TPSA) is 27.1 Å². The van der Waals surface area contributed by atoms with E-state index in [9.17, 15) is 4.39 Å². The second-order valence-corrected chi connectivity index (χ2v) is 5.27. The quantitative estimate of drug-likeness (QED) is 0.829. The van der Waals surface area contributed by atoms with E-state index in [1.807, 2.05) is 17.7 Å². The van der Waals surface area contributed by atoms with Crippen molar-refractivity contribution in [3.8, 4) is 17.1 Å². The summed E-state index contributed by atoms with van der Waals surface area (Å²) < 4.78 is 21.9. The minimum absolute atomic E-state index is 0.236. The Morgan fingerprint density at radius 2 is 2.20 bits per heavy atom. The monoisotopic (exact) mass is 274 g/mol. The Morgan fingerprint density at radius 1 is 1.40 bits per heavy atom. The van der Waals surface area contributed by atoms with Gasteiger partial charge in [0.25, 0.3) is 0 Å². The second-order valence-electron chi connectivity index (χ2n) is 5.27. The molecule has 0 saturated heterocycles. The predicted molar refractivity (Wildman–Crippen MR) is 76.3 cm³/mol. The third-order valence-corrected chi connectivity index (χ3v) is 3.89. The molecule has 0 radical (unpaired) electrons.